The van der Waals surface area contributed by atoms with Gasteiger partial charge in [-0.1, -0.05) is 72.4 Å². The molecule has 0 spiro atoms. The van der Waals surface area contributed by atoms with Crippen LogP contribution in [0.4, 0.5) is 0 Å². The number of nitrogens with one attached hydrogen (secondary N) is 1. The molecule has 1 N–H and O–H groups in total. The molecule has 4 atom stereocenters. The standard InChI is InChI=1S/C28H30N4O4.ClH/c1-20(26(34)30-23(17-33)19-36-18-22-11-7-4-8-12-22)16-28-24(31-32(2)27(28)35)13-14-29-25(28)15-21-9-5-3-6-10-21;/h3-12,17,20,23,25H,13,15-16,18-19H2,1-2H3;1H/p+1. The van der Waals surface area contributed by atoms with Crippen LogP contribution in [0.25, 0.3) is 4.85 Å². The lowest BCUT2D eigenvalue weighted by atomic mass is 9.67. The van der Waals surface area contributed by atoms with Crippen molar-refractivity contribution in [3.05, 3.63) is 76.6 Å². The molecule has 4 unspecified atom stereocenters. The Morgan fingerprint density at radius 2 is 1.86 bits per heavy atom. The topological polar surface area (TPSA) is 92.4 Å². The van der Waals surface area contributed by atoms with Crippen LogP contribution in [-0.2, 0) is 32.1 Å². The molecular weight excluding hydrogens is 492 g/mol. The van der Waals surface area contributed by atoms with Crippen molar-refractivity contribution in [3.63, 3.8) is 0 Å². The summed E-state index contributed by atoms with van der Waals surface area (Å²) < 4.78 is 5.64. The van der Waals surface area contributed by atoms with E-state index < -0.39 is 23.4 Å². The predicted octanol–water partition coefficient (Wildman–Crippen LogP) is 3.50. The number of aldehydes is 1. The van der Waals surface area contributed by atoms with Crippen molar-refractivity contribution < 1.29 is 19.1 Å². The minimum Gasteiger partial charge on any atom is -0.374 e. The Labute approximate surface area is 223 Å². The summed E-state index contributed by atoms with van der Waals surface area (Å²) in [6, 6.07) is 21.3. The molecule has 4 rings (SSSR count). The van der Waals surface area contributed by atoms with E-state index in [1.54, 1.807) is 14.0 Å². The highest BCUT2D eigenvalue weighted by atomic mass is 35.5. The molecule has 0 radical (unpaired) electrons. The highest BCUT2D eigenvalue weighted by Crippen LogP contribution is 2.44. The van der Waals surface area contributed by atoms with Crippen molar-refractivity contribution in [1.29, 1.82) is 0 Å². The van der Waals surface area contributed by atoms with Gasteiger partial charge < -0.3 is 14.8 Å². The second-order valence-corrected chi connectivity index (χ2v) is 9.37. The molecule has 9 heteroatoms. The molecule has 37 heavy (non-hydrogen) atoms. The molecule has 2 aliphatic heterocycles. The molecule has 0 fully saturated rings. The van der Waals surface area contributed by atoms with Gasteiger partial charge in [0.1, 0.15) is 18.7 Å². The van der Waals surface area contributed by atoms with Crippen LogP contribution in [0, 0.1) is 17.4 Å². The van der Waals surface area contributed by atoms with Crippen LogP contribution >= 0.6 is 12.4 Å². The van der Waals surface area contributed by atoms with Gasteiger partial charge in [0.2, 0.25) is 5.91 Å². The molecule has 194 valence electrons. The minimum absolute atomic E-state index is 0. The van der Waals surface area contributed by atoms with E-state index >= 15 is 0 Å². The van der Waals surface area contributed by atoms with Gasteiger partial charge in [-0.25, -0.2) is 5.01 Å². The van der Waals surface area contributed by atoms with Crippen LogP contribution in [0.3, 0.4) is 0 Å². The first-order valence-corrected chi connectivity index (χ1v) is 12.1. The maximum Gasteiger partial charge on any atom is 0.296 e. The summed E-state index contributed by atoms with van der Waals surface area (Å²) in [5.74, 6) is -1.04. The van der Waals surface area contributed by atoms with Gasteiger partial charge in [0.25, 0.3) is 18.0 Å². The molecule has 2 aromatic carbocycles. The Kier molecular flexibility index (Phi) is 9.56. The molecule has 0 saturated heterocycles. The average molecular weight is 524 g/mol. The predicted molar refractivity (Wildman–Crippen MR) is 144 cm³/mol. The van der Waals surface area contributed by atoms with Gasteiger partial charge in [0.05, 0.1) is 25.3 Å². The number of amides is 2. The number of nitrogens with zero attached hydrogens (tertiary/aromatic N) is 3. The van der Waals surface area contributed by atoms with Crippen molar-refractivity contribution in [3.8, 4) is 6.07 Å². The summed E-state index contributed by atoms with van der Waals surface area (Å²) in [5, 5.41) is 8.60. The molecule has 2 aromatic rings. The normalized spacial score (nSPS) is 21.5. The summed E-state index contributed by atoms with van der Waals surface area (Å²) in [4.78, 5) is 42.8. The fourth-order valence-electron chi connectivity index (χ4n) is 4.89. The van der Waals surface area contributed by atoms with Gasteiger partial charge in [-0.15, -0.1) is 12.4 Å². The number of halogens is 1. The number of rotatable bonds is 11. The van der Waals surface area contributed by atoms with Crippen molar-refractivity contribution >= 4 is 36.2 Å². The Bertz CT molecular complexity index is 1190. The molecule has 0 bridgehead atoms. The fraction of sp³-hybridized carbons (Fsp3) is 0.393. The summed E-state index contributed by atoms with van der Waals surface area (Å²) in [6.07, 6.45) is 1.79. The fourth-order valence-corrected chi connectivity index (χ4v) is 4.89. The third-order valence-electron chi connectivity index (χ3n) is 6.77. The lowest BCUT2D eigenvalue weighted by molar-refractivity contribution is -0.137. The van der Waals surface area contributed by atoms with Gasteiger partial charge in [0.15, 0.2) is 5.41 Å². The summed E-state index contributed by atoms with van der Waals surface area (Å²) in [6.45, 7) is 2.17. The van der Waals surface area contributed by atoms with Crippen molar-refractivity contribution in [1.82, 2.24) is 10.3 Å². The SMILES string of the molecule is CC(CC12C(=O)N(C)N=C1CC#[N+]C2Cc1ccccc1)C(=O)NC(C=O)COCc1ccccc1.Cl. The molecule has 2 amide bonds. The van der Waals surface area contributed by atoms with E-state index in [-0.39, 0.29) is 37.2 Å². The highest BCUT2D eigenvalue weighted by Gasteiger charge is 2.63. The van der Waals surface area contributed by atoms with E-state index in [0.29, 0.717) is 31.4 Å². The quantitative estimate of drug-likeness (QED) is 0.456. The molecule has 0 saturated carbocycles. The maximum absolute atomic E-state index is 13.5. The Morgan fingerprint density at radius 1 is 1.22 bits per heavy atom. The number of hydrogen-bond acceptors (Lipinski definition) is 5. The summed E-state index contributed by atoms with van der Waals surface area (Å²) in [7, 11) is 1.63. The smallest absolute Gasteiger partial charge is 0.296 e. The zero-order valence-electron chi connectivity index (χ0n) is 21.0. The zero-order chi connectivity index (χ0) is 25.5. The second kappa shape index (κ2) is 12.6. The Hall–Kier alpha value is -3.54. The van der Waals surface area contributed by atoms with Crippen LogP contribution < -0.4 is 5.32 Å². The molecular formula is C28H32ClN4O4+. The number of hydrogen-bond donors (Lipinski definition) is 1. The van der Waals surface area contributed by atoms with Crippen molar-refractivity contribution in [2.45, 2.75) is 44.9 Å². The van der Waals surface area contributed by atoms with Gasteiger partial charge in [-0.2, -0.15) is 5.10 Å². The van der Waals surface area contributed by atoms with Crippen molar-refractivity contribution in [2.24, 2.45) is 16.4 Å². The van der Waals surface area contributed by atoms with Crippen LogP contribution in [0.2, 0.25) is 0 Å². The van der Waals surface area contributed by atoms with E-state index in [2.05, 4.69) is 21.3 Å². The van der Waals surface area contributed by atoms with Crippen LogP contribution in [0.1, 0.15) is 30.9 Å². The largest absolute Gasteiger partial charge is 0.374 e. The number of carbonyl (C=O) groups excluding carboxylic acids is 3. The zero-order valence-corrected chi connectivity index (χ0v) is 21.8. The van der Waals surface area contributed by atoms with E-state index in [1.165, 1.54) is 5.01 Å². The highest BCUT2D eigenvalue weighted by molar-refractivity contribution is 6.14. The summed E-state index contributed by atoms with van der Waals surface area (Å²) >= 11 is 0. The van der Waals surface area contributed by atoms with E-state index in [9.17, 15) is 14.4 Å². The van der Waals surface area contributed by atoms with E-state index in [1.807, 2.05) is 60.7 Å². The number of hydrazone groups is 1. The maximum atomic E-state index is 13.5. The van der Waals surface area contributed by atoms with E-state index in [0.717, 1.165) is 11.1 Å². The lowest BCUT2D eigenvalue weighted by Gasteiger charge is -2.31. The number of carbonyl (C=O) groups is 3. The van der Waals surface area contributed by atoms with Gasteiger partial charge in [0, 0.05) is 13.0 Å². The summed E-state index contributed by atoms with van der Waals surface area (Å²) in [5.41, 5.74) is 1.69. The van der Waals surface area contributed by atoms with Gasteiger partial charge >= 0.3 is 0 Å². The van der Waals surface area contributed by atoms with Gasteiger partial charge in [-0.05, 0) is 17.5 Å². The van der Waals surface area contributed by atoms with Crippen LogP contribution in [0.5, 0.6) is 0 Å². The first-order valence-electron chi connectivity index (χ1n) is 12.1. The third kappa shape index (κ3) is 6.24. The Morgan fingerprint density at radius 3 is 2.51 bits per heavy atom. The number of ether oxygens (including phenoxy) is 1. The van der Waals surface area contributed by atoms with Gasteiger partial charge in [-0.3, -0.25) is 9.59 Å². The Balaban J connectivity index is 0.00000380. The minimum atomic E-state index is -1.02. The van der Waals surface area contributed by atoms with Crippen LogP contribution in [-0.4, -0.2) is 54.6 Å². The second-order valence-electron chi connectivity index (χ2n) is 9.37. The molecule has 0 aromatic heterocycles. The molecule has 2 aliphatic rings. The third-order valence-corrected chi connectivity index (χ3v) is 6.77. The molecule has 2 heterocycles. The monoisotopic (exact) mass is 523 g/mol. The molecule has 8 nitrogen and oxygen atoms in total. The van der Waals surface area contributed by atoms with Crippen molar-refractivity contribution in [2.75, 3.05) is 13.7 Å². The molecule has 0 aliphatic carbocycles. The first kappa shape index (κ1) is 28.0. The van der Waals surface area contributed by atoms with Crippen LogP contribution in [0.15, 0.2) is 65.8 Å². The number of benzene rings is 2. The lowest BCUT2D eigenvalue weighted by Crippen LogP contribution is -2.52. The average Bonchev–Trinajstić information content (AvgIpc) is 3.15. The first-order chi connectivity index (χ1) is 17.4. The number of fused-ring (bicyclic) bond motifs is 1. The van der Waals surface area contributed by atoms with E-state index in [4.69, 9.17) is 4.74 Å².